The molecule has 5 N–H and O–H groups in total. The zero-order chi connectivity index (χ0) is 38.8. The van der Waals surface area contributed by atoms with Gasteiger partial charge in [-0.1, -0.05) is 27.7 Å². The third-order valence-corrected chi connectivity index (χ3v) is 12.0. The van der Waals surface area contributed by atoms with Gasteiger partial charge >= 0.3 is 5.97 Å². The Morgan fingerprint density at radius 2 is 1.47 bits per heavy atom. The lowest BCUT2D eigenvalue weighted by Crippen LogP contribution is -2.61. The third-order valence-electron chi connectivity index (χ3n) is 12.0. The Kier molecular flexibility index (Phi) is 15.1. The topological polar surface area (TPSA) is 192 Å². The van der Waals surface area contributed by atoms with E-state index in [1.807, 2.05) is 13.8 Å². The van der Waals surface area contributed by atoms with Crippen LogP contribution >= 0.6 is 0 Å². The number of nitrogens with one attached hydrogen (secondary N) is 1. The van der Waals surface area contributed by atoms with Crippen molar-refractivity contribution in [3.05, 3.63) is 0 Å². The monoisotopic (exact) mass is 733 g/mol. The molecule has 3 aliphatic heterocycles. The first-order valence-corrected chi connectivity index (χ1v) is 18.5. The number of ketones is 1. The molecule has 3 heterocycles. The second-order valence-corrected chi connectivity index (χ2v) is 16.0. The number of aliphatic hydroxyl groups is 4. The zero-order valence-electron chi connectivity index (χ0n) is 33.0. The maximum Gasteiger partial charge on any atom is 0.311 e. The molecule has 0 bridgehead atoms. The summed E-state index contributed by atoms with van der Waals surface area (Å²) in [4.78, 5) is 28.1. The number of carbonyl (C=O) groups excluding carboxylic acids is 2. The molecular formula is C37H67NO13. The predicted molar refractivity (Wildman–Crippen MR) is 186 cm³/mol. The van der Waals surface area contributed by atoms with Crippen LogP contribution in [0.3, 0.4) is 0 Å². The lowest BCUT2D eigenvalue weighted by molar-refractivity contribution is -0.317. The first-order valence-electron chi connectivity index (χ1n) is 18.5. The Hall–Kier alpha value is -1.30. The highest BCUT2D eigenvalue weighted by Crippen LogP contribution is 2.41. The van der Waals surface area contributed by atoms with E-state index in [4.69, 9.17) is 33.2 Å². The summed E-state index contributed by atoms with van der Waals surface area (Å²) in [5.74, 6) is -4.47. The van der Waals surface area contributed by atoms with E-state index in [-0.39, 0.29) is 37.2 Å². The van der Waals surface area contributed by atoms with Gasteiger partial charge in [-0.15, -0.1) is 0 Å². The highest BCUT2D eigenvalue weighted by Gasteiger charge is 2.54. The molecule has 3 rings (SSSR count). The molecule has 3 aliphatic rings. The molecule has 0 aliphatic carbocycles. The second-order valence-electron chi connectivity index (χ2n) is 16.0. The summed E-state index contributed by atoms with van der Waals surface area (Å²) in [7, 11) is 4.75. The molecule has 0 spiro atoms. The Balaban J connectivity index is 2.21. The van der Waals surface area contributed by atoms with Gasteiger partial charge < -0.3 is 58.9 Å². The maximum atomic E-state index is 14.1. The van der Waals surface area contributed by atoms with Crippen LogP contribution in [-0.2, 0) is 42.7 Å². The van der Waals surface area contributed by atoms with E-state index in [0.717, 1.165) is 0 Å². The molecule has 0 aromatic carbocycles. The number of hydrogen-bond acceptors (Lipinski definition) is 14. The van der Waals surface area contributed by atoms with Crippen LogP contribution < -0.4 is 5.32 Å². The lowest BCUT2D eigenvalue weighted by Gasteiger charge is -2.49. The average Bonchev–Trinajstić information content (AvgIpc) is 3.09. The van der Waals surface area contributed by atoms with Crippen molar-refractivity contribution in [2.45, 2.75) is 179 Å². The van der Waals surface area contributed by atoms with Crippen molar-refractivity contribution in [2.24, 2.45) is 23.7 Å². The first-order chi connectivity index (χ1) is 23.6. The van der Waals surface area contributed by atoms with Gasteiger partial charge in [0.15, 0.2) is 12.6 Å². The fourth-order valence-corrected chi connectivity index (χ4v) is 8.38. The van der Waals surface area contributed by atoms with E-state index in [1.165, 1.54) is 21.1 Å². The summed E-state index contributed by atoms with van der Waals surface area (Å²) >= 11 is 0. The van der Waals surface area contributed by atoms with Crippen LogP contribution in [0.5, 0.6) is 0 Å². The lowest BCUT2D eigenvalue weighted by atomic mass is 9.74. The van der Waals surface area contributed by atoms with Crippen molar-refractivity contribution in [3.63, 3.8) is 0 Å². The predicted octanol–water partition coefficient (Wildman–Crippen LogP) is 2.10. The van der Waals surface area contributed by atoms with Crippen molar-refractivity contribution in [1.29, 1.82) is 0 Å². The number of methoxy groups -OCH3 is 2. The average molecular weight is 734 g/mol. The SMILES string of the molecule is CC[C@H]1OC(=O)[C@H](C)[C@@H](OC2C[C@@](C)(OC)[C@@H](O)[C@H](C)O2)[C@H](C)[C@@H](OC2O[C@H](C)C[C@H](NC)[C@@H]2O)[C@](C)(OC)C[C@H](C)C(=O)[C@H](C)[C@@H](O)[C@]1(C)O. The minimum absolute atomic E-state index is 0.109. The van der Waals surface area contributed by atoms with E-state index in [2.05, 4.69) is 5.32 Å². The van der Waals surface area contributed by atoms with Crippen molar-refractivity contribution < 1.29 is 63.2 Å². The summed E-state index contributed by atoms with van der Waals surface area (Å²) in [6, 6.07) is -0.334. The number of ether oxygens (including phenoxy) is 7. The van der Waals surface area contributed by atoms with Crippen LogP contribution in [0.2, 0.25) is 0 Å². The smallest absolute Gasteiger partial charge is 0.311 e. The van der Waals surface area contributed by atoms with Gasteiger partial charge in [-0.05, 0) is 67.9 Å². The number of rotatable bonds is 8. The first kappa shape index (κ1) is 44.1. The molecule has 0 aromatic rings. The van der Waals surface area contributed by atoms with Gasteiger partial charge in [0.1, 0.15) is 29.7 Å². The molecule has 0 aromatic heterocycles. The fraction of sp³-hybridized carbons (Fsp3) is 0.946. The minimum Gasteiger partial charge on any atom is -0.459 e. The summed E-state index contributed by atoms with van der Waals surface area (Å²) in [5, 5.41) is 48.4. The van der Waals surface area contributed by atoms with Gasteiger partial charge in [0.05, 0.1) is 47.6 Å². The number of hydrogen-bond donors (Lipinski definition) is 5. The van der Waals surface area contributed by atoms with Crippen LogP contribution in [0.25, 0.3) is 0 Å². The van der Waals surface area contributed by atoms with E-state index in [1.54, 1.807) is 55.5 Å². The number of esters is 1. The molecule has 14 nitrogen and oxygen atoms in total. The highest BCUT2D eigenvalue weighted by atomic mass is 16.7. The van der Waals surface area contributed by atoms with Crippen molar-refractivity contribution in [2.75, 3.05) is 21.3 Å². The third kappa shape index (κ3) is 9.33. The zero-order valence-corrected chi connectivity index (χ0v) is 33.0. The number of likely N-dealkylation sites (N-methyl/N-ethyl adjacent to an activating group) is 1. The van der Waals surface area contributed by atoms with Gasteiger partial charge in [0.2, 0.25) is 0 Å². The van der Waals surface area contributed by atoms with E-state index in [0.29, 0.717) is 6.42 Å². The second kappa shape index (κ2) is 17.4. The number of aliphatic hydroxyl groups excluding tert-OH is 3. The molecule has 18 atom stereocenters. The molecule has 3 saturated heterocycles. The maximum absolute atomic E-state index is 14.1. The van der Waals surface area contributed by atoms with Crippen molar-refractivity contribution in [1.82, 2.24) is 5.32 Å². The molecule has 2 unspecified atom stereocenters. The summed E-state index contributed by atoms with van der Waals surface area (Å²) in [6.45, 7) is 17.0. The van der Waals surface area contributed by atoms with Gasteiger partial charge in [0, 0.05) is 44.4 Å². The highest BCUT2D eigenvalue weighted by molar-refractivity contribution is 5.83. The molecule has 51 heavy (non-hydrogen) atoms. The molecule has 0 amide bonds. The van der Waals surface area contributed by atoms with Crippen molar-refractivity contribution >= 4 is 11.8 Å². The Labute approximate surface area is 304 Å². The molecule has 14 heteroatoms. The van der Waals surface area contributed by atoms with E-state index < -0.39 is 102 Å². The number of Topliss-reactive ketones (excluding diaryl/α,β-unsaturated/α-hetero) is 1. The summed E-state index contributed by atoms with van der Waals surface area (Å²) < 4.78 is 43.7. The van der Waals surface area contributed by atoms with Crippen LogP contribution in [0.15, 0.2) is 0 Å². The van der Waals surface area contributed by atoms with Gasteiger partial charge in [0.25, 0.3) is 0 Å². The fourth-order valence-electron chi connectivity index (χ4n) is 8.38. The minimum atomic E-state index is -1.96. The normalized spacial score (nSPS) is 49.6. The molecular weight excluding hydrogens is 666 g/mol. The Morgan fingerprint density at radius 1 is 0.863 bits per heavy atom. The molecule has 0 saturated carbocycles. The molecule has 298 valence electrons. The largest absolute Gasteiger partial charge is 0.459 e. The van der Waals surface area contributed by atoms with Crippen LogP contribution in [0.4, 0.5) is 0 Å². The van der Waals surface area contributed by atoms with Crippen molar-refractivity contribution in [3.8, 4) is 0 Å². The number of cyclic esters (lactones) is 1. The van der Waals surface area contributed by atoms with E-state index >= 15 is 0 Å². The quantitative estimate of drug-likeness (QED) is 0.228. The van der Waals surface area contributed by atoms with Gasteiger partial charge in [-0.3, -0.25) is 9.59 Å². The summed E-state index contributed by atoms with van der Waals surface area (Å²) in [6.07, 6.45) is -8.78. The molecule has 3 fully saturated rings. The standard InChI is InChI=1S/C37H67NO13/c1-14-25-37(10,44)30(41)20(4)27(39)18(2)16-36(9,46-13)32(51-34-28(40)24(38-11)15-19(3)47-34)21(5)29(22(6)33(43)49-25)50-26-17-35(8,45-12)31(42)23(7)48-26/h18-26,28-32,34,38,40-42,44H,14-17H2,1-13H3/t18-,19+,20-,21-,22+,23-,24-,25+,26?,28-,29-,30+,31-,32+,34?,35+,36+,37+/m0/s1. The Bertz CT molecular complexity index is 1160. The Morgan fingerprint density at radius 3 is 2.02 bits per heavy atom. The summed E-state index contributed by atoms with van der Waals surface area (Å²) in [5.41, 5.74) is -4.24. The van der Waals surface area contributed by atoms with Crippen LogP contribution in [-0.4, -0.2) is 138 Å². The van der Waals surface area contributed by atoms with E-state index in [9.17, 15) is 30.0 Å². The van der Waals surface area contributed by atoms with Crippen LogP contribution in [0.1, 0.15) is 94.9 Å². The number of carbonyl (C=O) groups is 2. The van der Waals surface area contributed by atoms with Gasteiger partial charge in [-0.2, -0.15) is 0 Å². The molecule has 0 radical (unpaired) electrons. The van der Waals surface area contributed by atoms with Crippen LogP contribution in [0, 0.1) is 23.7 Å². The van der Waals surface area contributed by atoms with Gasteiger partial charge in [-0.25, -0.2) is 0 Å².